The first kappa shape index (κ1) is 17.7. The van der Waals surface area contributed by atoms with E-state index in [1.165, 1.54) is 18.4 Å². The fraction of sp³-hybridized carbons (Fsp3) is 0.312. The zero-order valence-corrected chi connectivity index (χ0v) is 13.9. The fourth-order valence-electron chi connectivity index (χ4n) is 2.53. The number of halogens is 2. The number of aliphatic hydroxyl groups excluding tert-OH is 1. The number of hydrogen-bond donors (Lipinski definition) is 4. The van der Waals surface area contributed by atoms with Gasteiger partial charge in [-0.05, 0) is 54.5 Å². The standard InChI is InChI=1S/C16H19Cl2N3O2/c17-12-6-9-4-11(5-10(9)7-13(12)18)16(23)21-8-15(22)14(20)2-1-3-19/h1-3,6-7,11,15,22H,4-5,8,19-20H2,(H,21,23)/b3-1-,14-2-. The number of benzene rings is 1. The van der Waals surface area contributed by atoms with Crippen molar-refractivity contribution in [3.63, 3.8) is 0 Å². The summed E-state index contributed by atoms with van der Waals surface area (Å²) < 4.78 is 0. The van der Waals surface area contributed by atoms with Crippen molar-refractivity contribution in [3.8, 4) is 0 Å². The van der Waals surface area contributed by atoms with Crippen LogP contribution in [0.25, 0.3) is 0 Å². The molecule has 0 heterocycles. The summed E-state index contributed by atoms with van der Waals surface area (Å²) in [5, 5.41) is 13.6. The predicted molar refractivity (Wildman–Crippen MR) is 92.0 cm³/mol. The van der Waals surface area contributed by atoms with Gasteiger partial charge >= 0.3 is 0 Å². The van der Waals surface area contributed by atoms with Gasteiger partial charge in [0.2, 0.25) is 5.91 Å². The molecule has 23 heavy (non-hydrogen) atoms. The molecule has 1 aliphatic rings. The quantitative estimate of drug-likeness (QED) is 0.601. The zero-order chi connectivity index (χ0) is 17.0. The van der Waals surface area contributed by atoms with Crippen molar-refractivity contribution in [2.24, 2.45) is 17.4 Å². The summed E-state index contributed by atoms with van der Waals surface area (Å²) >= 11 is 12.0. The summed E-state index contributed by atoms with van der Waals surface area (Å²) in [6.45, 7) is 0.0495. The minimum absolute atomic E-state index is 0.0495. The van der Waals surface area contributed by atoms with Crippen LogP contribution in [0.3, 0.4) is 0 Å². The Balaban J connectivity index is 1.91. The van der Waals surface area contributed by atoms with Crippen LogP contribution in [0.4, 0.5) is 0 Å². The van der Waals surface area contributed by atoms with Crippen LogP contribution < -0.4 is 16.8 Å². The van der Waals surface area contributed by atoms with Crippen LogP contribution in [-0.2, 0) is 17.6 Å². The summed E-state index contributed by atoms with van der Waals surface area (Å²) in [7, 11) is 0. The van der Waals surface area contributed by atoms with E-state index in [-0.39, 0.29) is 24.1 Å². The molecule has 1 aromatic carbocycles. The Hall–Kier alpha value is -1.69. The molecule has 0 aromatic heterocycles. The lowest BCUT2D eigenvalue weighted by molar-refractivity contribution is -0.125. The lowest BCUT2D eigenvalue weighted by atomic mass is 10.1. The molecule has 0 fully saturated rings. The van der Waals surface area contributed by atoms with Crippen molar-refractivity contribution in [2.75, 3.05) is 6.54 Å². The average Bonchev–Trinajstić information content (AvgIpc) is 2.93. The molecule has 1 aromatic rings. The minimum atomic E-state index is -0.956. The lowest BCUT2D eigenvalue weighted by Gasteiger charge is -2.14. The predicted octanol–water partition coefficient (Wildman–Crippen LogP) is 1.50. The van der Waals surface area contributed by atoms with E-state index < -0.39 is 6.10 Å². The molecule has 0 radical (unpaired) electrons. The second kappa shape index (κ2) is 7.73. The largest absolute Gasteiger partial charge is 0.405 e. The van der Waals surface area contributed by atoms with E-state index in [0.717, 1.165) is 11.1 Å². The fourth-order valence-corrected chi connectivity index (χ4v) is 2.91. The van der Waals surface area contributed by atoms with Crippen LogP contribution in [0, 0.1) is 5.92 Å². The van der Waals surface area contributed by atoms with Crippen molar-refractivity contribution in [3.05, 3.63) is 57.4 Å². The van der Waals surface area contributed by atoms with Crippen LogP contribution in [0.15, 0.2) is 36.2 Å². The number of rotatable bonds is 5. The maximum Gasteiger partial charge on any atom is 0.223 e. The van der Waals surface area contributed by atoms with Crippen LogP contribution in [-0.4, -0.2) is 23.7 Å². The number of fused-ring (bicyclic) bond motifs is 1. The highest BCUT2D eigenvalue weighted by Crippen LogP contribution is 2.33. The Kier molecular flexibility index (Phi) is 5.93. The van der Waals surface area contributed by atoms with Crippen LogP contribution in [0.5, 0.6) is 0 Å². The van der Waals surface area contributed by atoms with Gasteiger partial charge in [-0.25, -0.2) is 0 Å². The van der Waals surface area contributed by atoms with Crippen molar-refractivity contribution in [2.45, 2.75) is 18.9 Å². The number of carbonyl (C=O) groups is 1. The van der Waals surface area contributed by atoms with Crippen molar-refractivity contribution in [1.82, 2.24) is 5.32 Å². The van der Waals surface area contributed by atoms with Crippen LogP contribution in [0.1, 0.15) is 11.1 Å². The van der Waals surface area contributed by atoms with Gasteiger partial charge < -0.3 is 21.9 Å². The Morgan fingerprint density at radius 2 is 1.91 bits per heavy atom. The second-order valence-electron chi connectivity index (χ2n) is 5.45. The molecule has 6 N–H and O–H groups in total. The Labute approximate surface area is 144 Å². The van der Waals surface area contributed by atoms with E-state index in [1.54, 1.807) is 12.1 Å². The van der Waals surface area contributed by atoms with Crippen molar-refractivity contribution >= 4 is 29.1 Å². The molecule has 124 valence electrons. The minimum Gasteiger partial charge on any atom is -0.405 e. The highest BCUT2D eigenvalue weighted by atomic mass is 35.5. The van der Waals surface area contributed by atoms with E-state index >= 15 is 0 Å². The molecular weight excluding hydrogens is 337 g/mol. The smallest absolute Gasteiger partial charge is 0.223 e. The molecule has 0 aliphatic heterocycles. The second-order valence-corrected chi connectivity index (χ2v) is 6.27. The first-order valence-corrected chi connectivity index (χ1v) is 7.94. The van der Waals surface area contributed by atoms with Gasteiger partial charge in [-0.1, -0.05) is 23.2 Å². The third-order valence-electron chi connectivity index (χ3n) is 3.80. The first-order valence-electron chi connectivity index (χ1n) is 7.19. The zero-order valence-electron chi connectivity index (χ0n) is 12.4. The van der Waals surface area contributed by atoms with E-state index in [2.05, 4.69) is 5.32 Å². The highest BCUT2D eigenvalue weighted by molar-refractivity contribution is 6.42. The molecule has 1 aliphatic carbocycles. The van der Waals surface area contributed by atoms with Gasteiger partial charge in [-0.2, -0.15) is 0 Å². The lowest BCUT2D eigenvalue weighted by Crippen LogP contribution is -2.38. The molecule has 0 spiro atoms. The number of allylic oxidation sites excluding steroid dienone is 2. The monoisotopic (exact) mass is 355 g/mol. The number of aliphatic hydroxyl groups is 1. The van der Waals surface area contributed by atoms with Crippen molar-refractivity contribution in [1.29, 1.82) is 0 Å². The summed E-state index contributed by atoms with van der Waals surface area (Å²) in [4.78, 5) is 12.2. The number of hydrogen-bond acceptors (Lipinski definition) is 4. The van der Waals surface area contributed by atoms with Crippen molar-refractivity contribution < 1.29 is 9.90 Å². The van der Waals surface area contributed by atoms with E-state index in [4.69, 9.17) is 34.7 Å². The van der Waals surface area contributed by atoms with Gasteiger partial charge in [0.25, 0.3) is 0 Å². The van der Waals surface area contributed by atoms with Gasteiger partial charge in [-0.3, -0.25) is 4.79 Å². The molecule has 1 amide bonds. The Bertz CT molecular complexity index is 628. The summed E-state index contributed by atoms with van der Waals surface area (Å²) in [6, 6.07) is 3.61. The van der Waals surface area contributed by atoms with E-state index in [1.807, 2.05) is 0 Å². The summed E-state index contributed by atoms with van der Waals surface area (Å²) in [5.74, 6) is -0.324. The number of carbonyl (C=O) groups excluding carboxylic acids is 1. The number of nitrogens with one attached hydrogen (secondary N) is 1. The third-order valence-corrected chi connectivity index (χ3v) is 4.52. The average molecular weight is 356 g/mol. The number of amides is 1. The molecular formula is C16H19Cl2N3O2. The Morgan fingerprint density at radius 1 is 1.35 bits per heavy atom. The van der Waals surface area contributed by atoms with Gasteiger partial charge in [0, 0.05) is 18.2 Å². The van der Waals surface area contributed by atoms with Gasteiger partial charge in [0.05, 0.1) is 10.0 Å². The molecule has 5 nitrogen and oxygen atoms in total. The third kappa shape index (κ3) is 4.41. The summed E-state index contributed by atoms with van der Waals surface area (Å²) in [5.41, 5.74) is 13.2. The van der Waals surface area contributed by atoms with Gasteiger partial charge in [0.1, 0.15) is 6.10 Å². The molecule has 2 rings (SSSR count). The molecule has 0 saturated heterocycles. The SMILES string of the molecule is N/C=C\C=C(/N)C(O)CNC(=O)C1Cc2cc(Cl)c(Cl)cc2C1. The topological polar surface area (TPSA) is 101 Å². The maximum atomic E-state index is 12.2. The molecule has 7 heteroatoms. The summed E-state index contributed by atoms with van der Waals surface area (Å²) in [6.07, 6.45) is 4.57. The number of nitrogens with two attached hydrogens (primary N) is 2. The highest BCUT2D eigenvalue weighted by Gasteiger charge is 2.28. The molecule has 0 saturated carbocycles. The molecule has 0 bridgehead atoms. The normalized spacial score (nSPS) is 16.6. The van der Waals surface area contributed by atoms with E-state index in [9.17, 15) is 9.90 Å². The van der Waals surface area contributed by atoms with Gasteiger partial charge in [-0.15, -0.1) is 0 Å². The first-order chi connectivity index (χ1) is 10.9. The van der Waals surface area contributed by atoms with Crippen LogP contribution in [0.2, 0.25) is 10.0 Å². The van der Waals surface area contributed by atoms with Crippen LogP contribution >= 0.6 is 23.2 Å². The maximum absolute atomic E-state index is 12.2. The Morgan fingerprint density at radius 3 is 2.43 bits per heavy atom. The van der Waals surface area contributed by atoms with Gasteiger partial charge in [0.15, 0.2) is 0 Å². The molecule has 1 unspecified atom stereocenters. The van der Waals surface area contributed by atoms with E-state index in [0.29, 0.717) is 22.9 Å². The molecule has 1 atom stereocenters.